The van der Waals surface area contributed by atoms with Crippen LogP contribution in [0.15, 0.2) is 30.3 Å². The lowest BCUT2D eigenvalue weighted by atomic mass is 9.95. The number of hydrogen-bond donors (Lipinski definition) is 0. The Morgan fingerprint density at radius 2 is 1.66 bits per heavy atom. The van der Waals surface area contributed by atoms with Gasteiger partial charge in [0.1, 0.15) is 11.6 Å². The van der Waals surface area contributed by atoms with Crippen LogP contribution in [0, 0.1) is 24.5 Å². The number of alkyl halides is 2. The van der Waals surface area contributed by atoms with Gasteiger partial charge >= 0.3 is 0 Å². The van der Waals surface area contributed by atoms with Crippen LogP contribution in [-0.4, -0.2) is 39.9 Å². The number of hydrogen-bond acceptors (Lipinski definition) is 2. The van der Waals surface area contributed by atoms with Crippen LogP contribution in [0.25, 0.3) is 16.6 Å². The summed E-state index contributed by atoms with van der Waals surface area (Å²) in [5.41, 5.74) is 2.18. The number of pyridine rings is 1. The van der Waals surface area contributed by atoms with Gasteiger partial charge in [-0.1, -0.05) is 19.9 Å². The van der Waals surface area contributed by atoms with Gasteiger partial charge in [0, 0.05) is 24.6 Å². The summed E-state index contributed by atoms with van der Waals surface area (Å²) in [5, 5.41) is 4.53. The van der Waals surface area contributed by atoms with Crippen molar-refractivity contribution < 1.29 is 22.4 Å². The van der Waals surface area contributed by atoms with Gasteiger partial charge in [-0.05, 0) is 49.9 Å². The number of likely N-dealkylation sites (tertiary alicyclic amines) is 1. The molecular formula is C24H25F4N3O. The van der Waals surface area contributed by atoms with Crippen molar-refractivity contribution in [1.82, 2.24) is 14.5 Å². The van der Waals surface area contributed by atoms with E-state index in [1.807, 2.05) is 13.8 Å². The molecule has 4 nitrogen and oxygen atoms in total. The highest BCUT2D eigenvalue weighted by molar-refractivity contribution is 5.97. The summed E-state index contributed by atoms with van der Waals surface area (Å²) in [6.45, 7) is 6.04. The molecule has 4 rings (SSSR count). The Morgan fingerprint density at radius 1 is 1.03 bits per heavy atom. The Bertz CT molecular complexity index is 1140. The largest absolute Gasteiger partial charge is 0.339 e. The van der Waals surface area contributed by atoms with E-state index in [4.69, 9.17) is 0 Å². The summed E-state index contributed by atoms with van der Waals surface area (Å²) in [4.78, 5) is 14.9. The molecule has 1 saturated heterocycles. The third kappa shape index (κ3) is 3.76. The van der Waals surface area contributed by atoms with E-state index in [0.717, 1.165) is 0 Å². The van der Waals surface area contributed by atoms with E-state index in [9.17, 15) is 22.4 Å². The van der Waals surface area contributed by atoms with Gasteiger partial charge < -0.3 is 4.90 Å². The predicted octanol–water partition coefficient (Wildman–Crippen LogP) is 5.83. The Labute approximate surface area is 183 Å². The standard InChI is InChI=1S/C24H25F4N3O/c1-13(2)22-16(24(32)30-11-9-15(10-12-30)23(27)28)7-8-19-20(14(3)29-31(19)22)21-17(25)5-4-6-18(21)26/h4-8,13,15,23H,9-12H2,1-3H3. The van der Waals surface area contributed by atoms with Gasteiger partial charge in [0.15, 0.2) is 0 Å². The first-order chi connectivity index (χ1) is 15.2. The predicted molar refractivity (Wildman–Crippen MR) is 114 cm³/mol. The van der Waals surface area contributed by atoms with Crippen molar-refractivity contribution >= 4 is 11.4 Å². The zero-order chi connectivity index (χ0) is 23.2. The molecule has 1 aliphatic rings. The Kier molecular flexibility index (Phi) is 5.97. The molecular weight excluding hydrogens is 422 g/mol. The zero-order valence-electron chi connectivity index (χ0n) is 18.2. The number of carbonyl (C=O) groups is 1. The van der Waals surface area contributed by atoms with E-state index >= 15 is 0 Å². The molecule has 1 amide bonds. The van der Waals surface area contributed by atoms with Gasteiger partial charge in [-0.15, -0.1) is 0 Å². The monoisotopic (exact) mass is 447 g/mol. The lowest BCUT2D eigenvalue weighted by Gasteiger charge is -2.32. The van der Waals surface area contributed by atoms with Crippen molar-refractivity contribution in [1.29, 1.82) is 0 Å². The number of fused-ring (bicyclic) bond motifs is 1. The van der Waals surface area contributed by atoms with E-state index in [-0.39, 0.29) is 43.3 Å². The molecule has 8 heteroatoms. The van der Waals surface area contributed by atoms with Crippen molar-refractivity contribution in [3.05, 3.63) is 58.9 Å². The third-order valence-electron chi connectivity index (χ3n) is 6.18. The number of carbonyl (C=O) groups excluding carboxylic acids is 1. The SMILES string of the molecule is Cc1nn2c(C(C)C)c(C(=O)N3CCC(C(F)F)CC3)ccc2c1-c1c(F)cccc1F. The second-order valence-corrected chi connectivity index (χ2v) is 8.61. The zero-order valence-corrected chi connectivity index (χ0v) is 18.2. The van der Waals surface area contributed by atoms with Gasteiger partial charge in [0.25, 0.3) is 5.91 Å². The molecule has 0 atom stereocenters. The highest BCUT2D eigenvalue weighted by Gasteiger charge is 2.31. The minimum atomic E-state index is -2.38. The number of amides is 1. The van der Waals surface area contributed by atoms with Crippen molar-refractivity contribution in [3.8, 4) is 11.1 Å². The van der Waals surface area contributed by atoms with Crippen LogP contribution in [-0.2, 0) is 0 Å². The molecule has 0 bridgehead atoms. The molecule has 170 valence electrons. The van der Waals surface area contributed by atoms with Crippen LogP contribution >= 0.6 is 0 Å². The van der Waals surface area contributed by atoms with E-state index in [1.165, 1.54) is 18.2 Å². The number of rotatable bonds is 4. The fraction of sp³-hybridized carbons (Fsp3) is 0.417. The Morgan fingerprint density at radius 3 is 2.22 bits per heavy atom. The molecule has 0 N–H and O–H groups in total. The Balaban J connectivity index is 1.80. The van der Waals surface area contributed by atoms with Crippen molar-refractivity contribution in [3.63, 3.8) is 0 Å². The number of piperidine rings is 1. The smallest absolute Gasteiger partial charge is 0.255 e. The van der Waals surface area contributed by atoms with Gasteiger partial charge in [-0.3, -0.25) is 4.79 Å². The third-order valence-corrected chi connectivity index (χ3v) is 6.18. The lowest BCUT2D eigenvalue weighted by molar-refractivity contribution is 0.0310. The van der Waals surface area contributed by atoms with Crippen molar-refractivity contribution in [2.24, 2.45) is 5.92 Å². The van der Waals surface area contributed by atoms with E-state index in [1.54, 1.807) is 28.5 Å². The number of aryl methyl sites for hydroxylation is 1. The van der Waals surface area contributed by atoms with Crippen LogP contribution in [0.3, 0.4) is 0 Å². The summed E-state index contributed by atoms with van der Waals surface area (Å²) in [5.74, 6) is -2.41. The quantitative estimate of drug-likeness (QED) is 0.472. The minimum Gasteiger partial charge on any atom is -0.339 e. The summed E-state index contributed by atoms with van der Waals surface area (Å²) in [6.07, 6.45) is -1.85. The molecule has 0 spiro atoms. The molecule has 1 aromatic carbocycles. The van der Waals surface area contributed by atoms with Crippen LogP contribution in [0.1, 0.15) is 54.4 Å². The highest BCUT2D eigenvalue weighted by Crippen LogP contribution is 2.35. The van der Waals surface area contributed by atoms with E-state index in [2.05, 4.69) is 5.10 Å². The summed E-state index contributed by atoms with van der Waals surface area (Å²) in [7, 11) is 0. The molecule has 0 unspecified atom stereocenters. The average Bonchev–Trinajstić information content (AvgIpc) is 3.08. The molecule has 32 heavy (non-hydrogen) atoms. The van der Waals surface area contributed by atoms with Gasteiger partial charge in [-0.2, -0.15) is 5.10 Å². The average molecular weight is 447 g/mol. The first-order valence-corrected chi connectivity index (χ1v) is 10.7. The maximum absolute atomic E-state index is 14.5. The first-order valence-electron chi connectivity index (χ1n) is 10.7. The second-order valence-electron chi connectivity index (χ2n) is 8.61. The number of nitrogens with zero attached hydrogens (tertiary/aromatic N) is 3. The number of aromatic nitrogens is 2. The fourth-order valence-electron chi connectivity index (χ4n) is 4.55. The first kappa shape index (κ1) is 22.3. The highest BCUT2D eigenvalue weighted by atomic mass is 19.3. The van der Waals surface area contributed by atoms with Crippen LogP contribution in [0.5, 0.6) is 0 Å². The summed E-state index contributed by atoms with van der Waals surface area (Å²) < 4.78 is 56.6. The normalized spacial score (nSPS) is 15.3. The van der Waals surface area contributed by atoms with Crippen molar-refractivity contribution in [2.75, 3.05) is 13.1 Å². The van der Waals surface area contributed by atoms with Gasteiger partial charge in [-0.25, -0.2) is 22.1 Å². The number of halogens is 4. The molecule has 1 fully saturated rings. The fourth-order valence-corrected chi connectivity index (χ4v) is 4.55. The molecule has 3 aromatic rings. The van der Waals surface area contributed by atoms with E-state index in [0.29, 0.717) is 28.0 Å². The number of benzene rings is 1. The molecule has 0 aliphatic carbocycles. The maximum Gasteiger partial charge on any atom is 0.255 e. The van der Waals surface area contributed by atoms with Crippen LogP contribution in [0.2, 0.25) is 0 Å². The maximum atomic E-state index is 14.5. The topological polar surface area (TPSA) is 37.6 Å². The van der Waals surface area contributed by atoms with Crippen molar-refractivity contribution in [2.45, 2.75) is 46.0 Å². The van der Waals surface area contributed by atoms with Crippen LogP contribution in [0.4, 0.5) is 17.6 Å². The van der Waals surface area contributed by atoms with E-state index < -0.39 is 24.0 Å². The molecule has 1 aliphatic heterocycles. The lowest BCUT2D eigenvalue weighted by Crippen LogP contribution is -2.40. The molecule has 0 saturated carbocycles. The molecule has 2 aromatic heterocycles. The minimum absolute atomic E-state index is 0.117. The second kappa shape index (κ2) is 8.56. The van der Waals surface area contributed by atoms with Crippen LogP contribution < -0.4 is 0 Å². The Hall–Kier alpha value is -2.90. The van der Waals surface area contributed by atoms with Gasteiger partial charge in [0.2, 0.25) is 6.43 Å². The summed E-state index contributed by atoms with van der Waals surface area (Å²) >= 11 is 0. The summed E-state index contributed by atoms with van der Waals surface area (Å²) in [6, 6.07) is 7.00. The molecule has 3 heterocycles. The van der Waals surface area contributed by atoms with Gasteiger partial charge in [0.05, 0.1) is 28.0 Å². The molecule has 0 radical (unpaired) electrons.